The van der Waals surface area contributed by atoms with Crippen molar-refractivity contribution in [3.8, 4) is 0 Å². The molecule has 0 spiro atoms. The normalized spacial score (nSPS) is 14.8. The van der Waals surface area contributed by atoms with Gasteiger partial charge in [-0.2, -0.15) is 30.7 Å². The first-order chi connectivity index (χ1) is 10.8. The van der Waals surface area contributed by atoms with E-state index in [4.69, 9.17) is 4.74 Å². The summed E-state index contributed by atoms with van der Waals surface area (Å²) < 4.78 is 92.6. The lowest BCUT2D eigenvalue weighted by atomic mass is 10.1. The van der Waals surface area contributed by atoms with Gasteiger partial charge in [0.05, 0.1) is 6.61 Å². The number of thioether (sulfide) groups is 1. The van der Waals surface area contributed by atoms with Gasteiger partial charge in [-0.3, -0.25) is 4.79 Å². The smallest absolute Gasteiger partial charge is 0.459 e. The number of carbonyl (C=O) groups excluding carboxylic acids is 1. The van der Waals surface area contributed by atoms with E-state index in [1.54, 1.807) is 6.92 Å². The molecule has 144 valence electrons. The number of esters is 1. The fraction of sp³-hybridized carbons (Fsp3) is 0.929. The first-order valence-corrected chi connectivity index (χ1v) is 8.41. The van der Waals surface area contributed by atoms with E-state index in [0.717, 1.165) is 11.8 Å². The Hall–Kier alpha value is -0.670. The van der Waals surface area contributed by atoms with Crippen molar-refractivity contribution in [2.75, 3.05) is 12.4 Å². The third-order valence-electron chi connectivity index (χ3n) is 3.00. The van der Waals surface area contributed by atoms with E-state index in [1.807, 2.05) is 13.8 Å². The second-order valence-corrected chi connectivity index (χ2v) is 6.93. The van der Waals surface area contributed by atoms with Crippen LogP contribution in [-0.4, -0.2) is 41.6 Å². The van der Waals surface area contributed by atoms with Crippen LogP contribution in [0.5, 0.6) is 0 Å². The van der Waals surface area contributed by atoms with Crippen molar-refractivity contribution in [2.45, 2.75) is 63.3 Å². The van der Waals surface area contributed by atoms with Gasteiger partial charge >= 0.3 is 24.0 Å². The molecule has 0 bridgehead atoms. The van der Waals surface area contributed by atoms with Crippen LogP contribution in [0.3, 0.4) is 0 Å². The summed E-state index contributed by atoms with van der Waals surface area (Å²) >= 11 is 0.923. The molecule has 0 saturated heterocycles. The van der Waals surface area contributed by atoms with Crippen LogP contribution in [-0.2, 0) is 9.53 Å². The number of halogens is 7. The molecule has 24 heavy (non-hydrogen) atoms. The van der Waals surface area contributed by atoms with Crippen LogP contribution in [0.25, 0.3) is 0 Å². The van der Waals surface area contributed by atoms with E-state index >= 15 is 0 Å². The van der Waals surface area contributed by atoms with Crippen molar-refractivity contribution in [1.29, 1.82) is 0 Å². The van der Waals surface area contributed by atoms with Crippen molar-refractivity contribution in [1.82, 2.24) is 0 Å². The number of hydrogen-bond acceptors (Lipinski definition) is 3. The van der Waals surface area contributed by atoms with Gasteiger partial charge < -0.3 is 4.74 Å². The van der Waals surface area contributed by atoms with E-state index in [-0.39, 0.29) is 18.3 Å². The Balaban J connectivity index is 4.59. The SMILES string of the molecule is CCOC(=O)C(CC(C)C)SCCCC(F)(F)C(F)(F)C(F)(F)F. The zero-order valence-electron chi connectivity index (χ0n) is 13.6. The Labute approximate surface area is 140 Å². The first kappa shape index (κ1) is 23.3. The molecule has 0 rings (SSSR count). The van der Waals surface area contributed by atoms with Gasteiger partial charge in [0, 0.05) is 6.42 Å². The van der Waals surface area contributed by atoms with E-state index in [0.29, 0.717) is 6.42 Å². The largest absolute Gasteiger partial charge is 0.465 e. The number of rotatable bonds is 10. The molecule has 1 unspecified atom stereocenters. The van der Waals surface area contributed by atoms with Gasteiger partial charge in [0.25, 0.3) is 0 Å². The average Bonchev–Trinajstić information content (AvgIpc) is 2.40. The molecule has 0 aromatic carbocycles. The number of carbonyl (C=O) groups is 1. The lowest BCUT2D eigenvalue weighted by Crippen LogP contribution is -2.51. The van der Waals surface area contributed by atoms with Gasteiger partial charge in [-0.05, 0) is 31.4 Å². The fourth-order valence-electron chi connectivity index (χ4n) is 1.78. The van der Waals surface area contributed by atoms with E-state index in [9.17, 15) is 35.5 Å². The highest BCUT2D eigenvalue weighted by atomic mass is 32.2. The predicted octanol–water partition coefficient (Wildman–Crippen LogP) is 5.31. The quantitative estimate of drug-likeness (QED) is 0.289. The molecule has 2 nitrogen and oxygen atoms in total. The monoisotopic (exact) mass is 386 g/mol. The van der Waals surface area contributed by atoms with Crippen LogP contribution in [0.4, 0.5) is 30.7 Å². The highest BCUT2D eigenvalue weighted by molar-refractivity contribution is 8.00. The molecule has 0 aromatic heterocycles. The molecule has 0 aliphatic rings. The second-order valence-electron chi connectivity index (χ2n) is 5.62. The van der Waals surface area contributed by atoms with Gasteiger partial charge in [0.2, 0.25) is 0 Å². The molecule has 0 fully saturated rings. The maximum Gasteiger partial charge on any atom is 0.459 e. The summed E-state index contributed by atoms with van der Waals surface area (Å²) in [6.07, 6.45) is -8.13. The van der Waals surface area contributed by atoms with Crippen molar-refractivity contribution < 1.29 is 40.3 Å². The average molecular weight is 386 g/mol. The van der Waals surface area contributed by atoms with Crippen LogP contribution in [0.15, 0.2) is 0 Å². The summed E-state index contributed by atoms with van der Waals surface area (Å²) in [6, 6.07) is 0. The fourth-order valence-corrected chi connectivity index (χ4v) is 3.10. The van der Waals surface area contributed by atoms with Crippen LogP contribution in [0.1, 0.15) is 40.0 Å². The van der Waals surface area contributed by atoms with Crippen molar-refractivity contribution in [3.63, 3.8) is 0 Å². The number of hydrogen-bond donors (Lipinski definition) is 0. The molecule has 0 radical (unpaired) electrons. The van der Waals surface area contributed by atoms with Crippen LogP contribution in [0, 0.1) is 5.92 Å². The minimum atomic E-state index is -6.31. The predicted molar refractivity (Wildman–Crippen MR) is 77.5 cm³/mol. The van der Waals surface area contributed by atoms with Gasteiger partial charge in [-0.25, -0.2) is 0 Å². The van der Waals surface area contributed by atoms with Crippen molar-refractivity contribution >= 4 is 17.7 Å². The third-order valence-corrected chi connectivity index (χ3v) is 4.32. The maximum atomic E-state index is 13.1. The Morgan fingerprint density at radius 1 is 1.08 bits per heavy atom. The highest BCUT2D eigenvalue weighted by Gasteiger charge is 2.72. The lowest BCUT2D eigenvalue weighted by molar-refractivity contribution is -0.355. The number of ether oxygens (including phenoxy) is 1. The van der Waals surface area contributed by atoms with Crippen molar-refractivity contribution in [3.05, 3.63) is 0 Å². The minimum Gasteiger partial charge on any atom is -0.465 e. The summed E-state index contributed by atoms with van der Waals surface area (Å²) in [7, 11) is 0. The van der Waals surface area contributed by atoms with Crippen LogP contribution in [0.2, 0.25) is 0 Å². The molecule has 0 saturated carbocycles. The molecule has 0 aliphatic heterocycles. The van der Waals surface area contributed by atoms with Crippen molar-refractivity contribution in [2.24, 2.45) is 5.92 Å². The molecule has 0 aromatic rings. The third kappa shape index (κ3) is 6.68. The standard InChI is InChI=1S/C14H21F7O2S/c1-4-23-11(22)10(8-9(2)3)24-7-5-6-12(15,16)13(17,18)14(19,20)21/h9-10H,4-8H2,1-3H3. The zero-order valence-corrected chi connectivity index (χ0v) is 14.4. The Morgan fingerprint density at radius 2 is 1.62 bits per heavy atom. The topological polar surface area (TPSA) is 26.3 Å². The highest BCUT2D eigenvalue weighted by Crippen LogP contribution is 2.48. The summed E-state index contributed by atoms with van der Waals surface area (Å²) in [6.45, 7) is 5.37. The molecular formula is C14H21F7O2S. The van der Waals surface area contributed by atoms with E-state index < -0.39 is 42.1 Å². The summed E-state index contributed by atoms with van der Waals surface area (Å²) in [5, 5.41) is -0.665. The number of alkyl halides is 7. The second kappa shape index (κ2) is 9.15. The Morgan fingerprint density at radius 3 is 2.04 bits per heavy atom. The molecule has 0 N–H and O–H groups in total. The molecule has 10 heteroatoms. The molecular weight excluding hydrogens is 365 g/mol. The summed E-state index contributed by atoms with van der Waals surface area (Å²) in [5.74, 6) is -11.9. The lowest BCUT2D eigenvalue weighted by Gasteiger charge is -2.28. The van der Waals surface area contributed by atoms with Crippen LogP contribution < -0.4 is 0 Å². The maximum absolute atomic E-state index is 13.1. The van der Waals surface area contributed by atoms with Gasteiger partial charge in [-0.15, -0.1) is 11.8 Å². The van der Waals surface area contributed by atoms with Gasteiger partial charge in [0.1, 0.15) is 5.25 Å². The van der Waals surface area contributed by atoms with Gasteiger partial charge in [-0.1, -0.05) is 13.8 Å². The first-order valence-electron chi connectivity index (χ1n) is 7.36. The van der Waals surface area contributed by atoms with E-state index in [1.165, 1.54) is 0 Å². The van der Waals surface area contributed by atoms with E-state index in [2.05, 4.69) is 0 Å². The Kier molecular flexibility index (Phi) is 8.89. The zero-order chi connectivity index (χ0) is 19.2. The molecule has 1 atom stereocenters. The molecule has 0 aliphatic carbocycles. The van der Waals surface area contributed by atoms with Gasteiger partial charge in [0.15, 0.2) is 0 Å². The molecule has 0 amide bonds. The summed E-state index contributed by atoms with van der Waals surface area (Å²) in [5.41, 5.74) is 0. The Bertz CT molecular complexity index is 397. The molecule has 0 heterocycles. The minimum absolute atomic E-state index is 0.0999. The van der Waals surface area contributed by atoms with Crippen LogP contribution >= 0.6 is 11.8 Å². The summed E-state index contributed by atoms with van der Waals surface area (Å²) in [4.78, 5) is 11.7.